The van der Waals surface area contributed by atoms with Crippen LogP contribution in [-0.2, 0) is 16.2 Å². The van der Waals surface area contributed by atoms with E-state index in [0.717, 1.165) is 24.2 Å². The van der Waals surface area contributed by atoms with Gasteiger partial charge in [-0.25, -0.2) is 0 Å². The number of hydrogen-bond acceptors (Lipinski definition) is 2. The van der Waals surface area contributed by atoms with Gasteiger partial charge in [0.05, 0.1) is 5.69 Å². The van der Waals surface area contributed by atoms with Crippen LogP contribution in [0.25, 0.3) is 33.4 Å². The zero-order valence-corrected chi connectivity index (χ0v) is 33.4. The molecule has 3 heteroatoms. The first kappa shape index (κ1) is 34.7. The Balaban J connectivity index is 1.24. The highest BCUT2D eigenvalue weighted by Gasteiger charge is 2.42. The second-order valence-electron chi connectivity index (χ2n) is 18.0. The molecule has 1 N–H and O–H groups in total. The highest BCUT2D eigenvalue weighted by Crippen LogP contribution is 2.54. The van der Waals surface area contributed by atoms with Crippen molar-refractivity contribution in [3.63, 3.8) is 0 Å². The summed E-state index contributed by atoms with van der Waals surface area (Å²) in [6, 6.07) is 56.3. The van der Waals surface area contributed by atoms with Crippen molar-refractivity contribution in [2.75, 3.05) is 10.2 Å². The molecule has 0 unspecified atom stereocenters. The monoisotopic (exact) mass is 723 g/mol. The van der Waals surface area contributed by atoms with E-state index in [4.69, 9.17) is 0 Å². The molecule has 2 heterocycles. The van der Waals surface area contributed by atoms with Gasteiger partial charge in [-0.05, 0) is 122 Å². The topological polar surface area (TPSA) is 15.3 Å². The molecule has 3 aliphatic rings. The number of anilines is 5. The van der Waals surface area contributed by atoms with Crippen molar-refractivity contribution in [3.8, 4) is 33.4 Å². The van der Waals surface area contributed by atoms with Gasteiger partial charge in [0.15, 0.2) is 7.28 Å². The third-order valence-corrected chi connectivity index (χ3v) is 13.1. The summed E-state index contributed by atoms with van der Waals surface area (Å²) in [5.41, 5.74) is 21.4. The molecule has 0 saturated carbocycles. The first-order valence-electron chi connectivity index (χ1n) is 20.2. The summed E-state index contributed by atoms with van der Waals surface area (Å²) in [4.78, 5) is 2.57. The second kappa shape index (κ2) is 12.6. The lowest BCUT2D eigenvalue weighted by Gasteiger charge is -2.46. The van der Waals surface area contributed by atoms with E-state index in [1.165, 1.54) is 83.6 Å². The van der Waals surface area contributed by atoms with Gasteiger partial charge in [0.1, 0.15) is 0 Å². The molecular weight excluding hydrogens is 675 g/mol. The standard InChI is InChI=1S/C53H48BN2/c1-51(2)28-29-52(3,4)44-33-46(55-38-26-24-36(25-27-38)34-16-9-7-10-17-34)39(32-43(44)51)40-30-37(35-18-11-8-12-19-35)31-48-49(40)54-45-22-15-21-42-50(45)56(48)47-23-14-13-20-41(47)53(42,5)6/h7-27,30-33,55H,28-29H2,1-6H3. The highest BCUT2D eigenvalue weighted by molar-refractivity contribution is 6.73. The summed E-state index contributed by atoms with van der Waals surface area (Å²) >= 11 is 0. The number of benzene rings is 7. The van der Waals surface area contributed by atoms with Gasteiger partial charge in [0.25, 0.3) is 0 Å². The van der Waals surface area contributed by atoms with Crippen LogP contribution in [0.1, 0.15) is 76.6 Å². The number of fused-ring (bicyclic) bond motifs is 5. The smallest absolute Gasteiger partial charge is 0.197 e. The number of rotatable bonds is 5. The van der Waals surface area contributed by atoms with Gasteiger partial charge in [-0.3, -0.25) is 0 Å². The van der Waals surface area contributed by atoms with E-state index in [-0.39, 0.29) is 16.2 Å². The Morgan fingerprint density at radius 1 is 0.482 bits per heavy atom. The maximum atomic E-state index is 3.99. The minimum Gasteiger partial charge on any atom is -0.355 e. The van der Waals surface area contributed by atoms with Crippen molar-refractivity contribution in [1.82, 2.24) is 0 Å². The molecular formula is C53H48BN2. The van der Waals surface area contributed by atoms with E-state index in [1.54, 1.807) is 0 Å². The molecule has 0 amide bonds. The minimum atomic E-state index is -0.131. The molecule has 1 aliphatic carbocycles. The first-order valence-corrected chi connectivity index (χ1v) is 20.2. The molecule has 0 fully saturated rings. The summed E-state index contributed by atoms with van der Waals surface area (Å²) in [5.74, 6) is 0. The molecule has 0 atom stereocenters. The van der Waals surface area contributed by atoms with Crippen LogP contribution in [0.2, 0.25) is 0 Å². The Hall–Kier alpha value is -5.80. The normalized spacial score (nSPS) is 16.4. The maximum Gasteiger partial charge on any atom is 0.197 e. The van der Waals surface area contributed by atoms with Gasteiger partial charge in [-0.15, -0.1) is 0 Å². The van der Waals surface area contributed by atoms with Crippen molar-refractivity contribution in [3.05, 3.63) is 174 Å². The Morgan fingerprint density at radius 2 is 1.07 bits per heavy atom. The Labute approximate surface area is 333 Å². The van der Waals surface area contributed by atoms with E-state index in [2.05, 4.69) is 211 Å². The SMILES string of the molecule is CC1(C)CCC(C)(C)c2cc(-c3cc(-c4ccccc4)cc4c3[B]c3cccc5c3N4c3ccccc3C5(C)C)c(Nc3ccc(-c4ccccc4)cc3)cc21. The van der Waals surface area contributed by atoms with Gasteiger partial charge >= 0.3 is 0 Å². The fourth-order valence-corrected chi connectivity index (χ4v) is 9.77. The minimum absolute atomic E-state index is 0.0508. The van der Waals surface area contributed by atoms with Crippen LogP contribution in [0, 0.1) is 0 Å². The van der Waals surface area contributed by atoms with Gasteiger partial charge in [0.2, 0.25) is 0 Å². The molecule has 0 aromatic heterocycles. The van der Waals surface area contributed by atoms with Gasteiger partial charge in [-0.1, -0.05) is 156 Å². The van der Waals surface area contributed by atoms with Crippen molar-refractivity contribution in [2.45, 2.75) is 70.6 Å². The molecule has 0 bridgehead atoms. The molecule has 2 aliphatic heterocycles. The van der Waals surface area contributed by atoms with Gasteiger partial charge in [0, 0.05) is 33.7 Å². The van der Waals surface area contributed by atoms with Crippen LogP contribution < -0.4 is 21.1 Å². The largest absolute Gasteiger partial charge is 0.355 e. The van der Waals surface area contributed by atoms with Gasteiger partial charge in [-0.2, -0.15) is 0 Å². The van der Waals surface area contributed by atoms with E-state index < -0.39 is 0 Å². The maximum absolute atomic E-state index is 3.99. The Morgan fingerprint density at radius 3 is 1.77 bits per heavy atom. The Bertz CT molecular complexity index is 2650. The lowest BCUT2D eigenvalue weighted by atomic mass is 9.55. The van der Waals surface area contributed by atoms with Gasteiger partial charge < -0.3 is 10.2 Å². The highest BCUT2D eigenvalue weighted by atomic mass is 15.2. The van der Waals surface area contributed by atoms with E-state index in [0.29, 0.717) is 0 Å². The predicted octanol–water partition coefficient (Wildman–Crippen LogP) is 12.9. The summed E-state index contributed by atoms with van der Waals surface area (Å²) < 4.78 is 0. The van der Waals surface area contributed by atoms with E-state index in [9.17, 15) is 0 Å². The Kier molecular flexibility index (Phi) is 7.81. The summed E-state index contributed by atoms with van der Waals surface area (Å²) in [5, 5.41) is 3.99. The summed E-state index contributed by atoms with van der Waals surface area (Å²) in [6.07, 6.45) is 2.32. The molecule has 56 heavy (non-hydrogen) atoms. The molecule has 1 radical (unpaired) electrons. The third kappa shape index (κ3) is 5.46. The predicted molar refractivity (Wildman–Crippen MR) is 240 cm³/mol. The fourth-order valence-electron chi connectivity index (χ4n) is 9.77. The number of para-hydroxylation sites is 2. The van der Waals surface area contributed by atoms with Crippen LogP contribution in [0.3, 0.4) is 0 Å². The zero-order chi connectivity index (χ0) is 38.4. The molecule has 7 aromatic carbocycles. The fraction of sp³-hybridized carbons (Fsp3) is 0.208. The van der Waals surface area contributed by atoms with E-state index >= 15 is 0 Å². The molecule has 7 aromatic rings. The van der Waals surface area contributed by atoms with Crippen LogP contribution >= 0.6 is 0 Å². The van der Waals surface area contributed by atoms with Crippen molar-refractivity contribution < 1.29 is 0 Å². The quantitative estimate of drug-likeness (QED) is 0.178. The summed E-state index contributed by atoms with van der Waals surface area (Å²) in [6.45, 7) is 14.5. The average Bonchev–Trinajstić information content (AvgIpc) is 3.21. The van der Waals surface area contributed by atoms with Crippen molar-refractivity contribution in [1.29, 1.82) is 0 Å². The second-order valence-corrected chi connectivity index (χ2v) is 18.0. The van der Waals surface area contributed by atoms with Crippen LogP contribution in [0.4, 0.5) is 28.4 Å². The molecule has 0 saturated heterocycles. The lowest BCUT2D eigenvalue weighted by molar-refractivity contribution is 0.332. The van der Waals surface area contributed by atoms with Crippen LogP contribution in [-0.4, -0.2) is 7.28 Å². The molecule has 273 valence electrons. The molecule has 0 spiro atoms. The third-order valence-electron chi connectivity index (χ3n) is 13.1. The van der Waals surface area contributed by atoms with Crippen molar-refractivity contribution in [2.24, 2.45) is 0 Å². The first-order chi connectivity index (χ1) is 27.0. The lowest BCUT2D eigenvalue weighted by Crippen LogP contribution is -2.45. The zero-order valence-electron chi connectivity index (χ0n) is 33.4. The van der Waals surface area contributed by atoms with E-state index in [1.807, 2.05) is 0 Å². The molecule has 10 rings (SSSR count). The summed E-state index contributed by atoms with van der Waals surface area (Å²) in [7, 11) is 2.46. The average molecular weight is 724 g/mol. The van der Waals surface area contributed by atoms with Crippen LogP contribution in [0.15, 0.2) is 152 Å². The molecule has 2 nitrogen and oxygen atoms in total. The van der Waals surface area contributed by atoms with Crippen molar-refractivity contribution >= 4 is 46.6 Å². The number of hydrogen-bond donors (Lipinski definition) is 1. The number of nitrogens with one attached hydrogen (secondary N) is 1. The number of nitrogens with zero attached hydrogens (tertiary/aromatic N) is 1. The van der Waals surface area contributed by atoms with Crippen LogP contribution in [0.5, 0.6) is 0 Å².